The molecule has 0 bridgehead atoms. The van der Waals surface area contributed by atoms with E-state index in [0.717, 1.165) is 0 Å². The van der Waals surface area contributed by atoms with Crippen molar-refractivity contribution in [3.63, 3.8) is 0 Å². The lowest BCUT2D eigenvalue weighted by molar-refractivity contribution is 0.405. The number of aryl methyl sites for hydroxylation is 2. The molecule has 0 spiro atoms. The third kappa shape index (κ3) is 12.7. The molecule has 0 radical (unpaired) electrons. The van der Waals surface area contributed by atoms with Crippen molar-refractivity contribution in [2.75, 3.05) is 0 Å². The van der Waals surface area contributed by atoms with Crippen molar-refractivity contribution >= 4 is 8.25 Å². The van der Waals surface area contributed by atoms with Crippen LogP contribution in [0.5, 0.6) is 0 Å². The summed E-state index contributed by atoms with van der Waals surface area (Å²) in [6.45, 7) is 4.17. The maximum absolute atomic E-state index is 8.74. The molecular formula is C14H19O3P. The van der Waals surface area contributed by atoms with E-state index >= 15 is 0 Å². The van der Waals surface area contributed by atoms with Crippen LogP contribution >= 0.6 is 8.25 Å². The molecule has 0 amide bonds. The van der Waals surface area contributed by atoms with Gasteiger partial charge < -0.3 is 9.79 Å². The van der Waals surface area contributed by atoms with Gasteiger partial charge in [0.05, 0.1) is 0 Å². The first-order valence-electron chi connectivity index (χ1n) is 5.47. The number of hydrogen-bond acceptors (Lipinski definition) is 1. The largest absolute Gasteiger partial charge is 0.326 e. The van der Waals surface area contributed by atoms with Crippen molar-refractivity contribution in [2.45, 2.75) is 13.8 Å². The predicted octanol–water partition coefficient (Wildman–Crippen LogP) is 3.35. The molecule has 0 aromatic heterocycles. The Morgan fingerprint density at radius 3 is 1.06 bits per heavy atom. The van der Waals surface area contributed by atoms with Crippen LogP contribution in [0, 0.1) is 13.8 Å². The second kappa shape index (κ2) is 10.7. The lowest BCUT2D eigenvalue weighted by Crippen LogP contribution is -1.62. The average Bonchev–Trinajstić information content (AvgIpc) is 2.31. The van der Waals surface area contributed by atoms with Crippen LogP contribution in [-0.4, -0.2) is 9.79 Å². The van der Waals surface area contributed by atoms with Gasteiger partial charge in [0.2, 0.25) is 0 Å². The second-order valence-electron chi connectivity index (χ2n) is 3.59. The van der Waals surface area contributed by atoms with Gasteiger partial charge in [-0.05, 0) is 13.8 Å². The molecule has 2 aromatic carbocycles. The quantitative estimate of drug-likeness (QED) is 0.719. The van der Waals surface area contributed by atoms with E-state index in [1.807, 2.05) is 36.4 Å². The molecule has 2 N–H and O–H groups in total. The standard InChI is InChI=1S/2C7H8.H3O3P/c2*1-7-5-3-2-4-6-7;1-4(2)3/h2*2-6H,1H3;4H,(H2,1,2,3). The van der Waals surface area contributed by atoms with E-state index in [9.17, 15) is 0 Å². The zero-order valence-electron chi connectivity index (χ0n) is 10.6. The van der Waals surface area contributed by atoms with Gasteiger partial charge >= 0.3 is 8.25 Å². The maximum Gasteiger partial charge on any atom is 0.314 e. The van der Waals surface area contributed by atoms with Crippen LogP contribution in [0.1, 0.15) is 11.1 Å². The van der Waals surface area contributed by atoms with Gasteiger partial charge in [0, 0.05) is 0 Å². The lowest BCUT2D eigenvalue weighted by Gasteiger charge is -1.82. The van der Waals surface area contributed by atoms with Gasteiger partial charge in [0.1, 0.15) is 0 Å². The van der Waals surface area contributed by atoms with Crippen molar-refractivity contribution in [2.24, 2.45) is 0 Å². The Morgan fingerprint density at radius 2 is 0.944 bits per heavy atom. The SMILES string of the molecule is Cc1ccccc1.Cc1ccccc1.O=[PH](O)O. The van der Waals surface area contributed by atoms with Crippen LogP contribution in [0.4, 0.5) is 0 Å². The highest BCUT2D eigenvalue weighted by molar-refractivity contribution is 7.30. The molecule has 4 heteroatoms. The number of benzene rings is 2. The van der Waals surface area contributed by atoms with Crippen LogP contribution in [0.3, 0.4) is 0 Å². The Balaban J connectivity index is 0.000000253. The molecule has 18 heavy (non-hydrogen) atoms. The van der Waals surface area contributed by atoms with Crippen molar-refractivity contribution in [1.82, 2.24) is 0 Å². The van der Waals surface area contributed by atoms with E-state index in [2.05, 4.69) is 38.1 Å². The zero-order valence-corrected chi connectivity index (χ0v) is 11.6. The Bertz CT molecular complexity index is 388. The summed E-state index contributed by atoms with van der Waals surface area (Å²) in [5.74, 6) is 0. The Hall–Kier alpha value is -1.41. The summed E-state index contributed by atoms with van der Waals surface area (Å²) < 4.78 is 8.74. The highest BCUT2D eigenvalue weighted by Crippen LogP contribution is 1.98. The molecule has 2 rings (SSSR count). The highest BCUT2D eigenvalue weighted by atomic mass is 31.1. The second-order valence-corrected chi connectivity index (χ2v) is 4.16. The van der Waals surface area contributed by atoms with Gasteiger partial charge in [-0.2, -0.15) is 0 Å². The summed E-state index contributed by atoms with van der Waals surface area (Å²) in [6, 6.07) is 20.5. The minimum atomic E-state index is -3.13. The van der Waals surface area contributed by atoms with Crippen LogP contribution in [-0.2, 0) is 4.57 Å². The fourth-order valence-electron chi connectivity index (χ4n) is 1.07. The zero-order chi connectivity index (χ0) is 13.8. The van der Waals surface area contributed by atoms with Crippen LogP contribution in [0.15, 0.2) is 60.7 Å². The molecule has 98 valence electrons. The van der Waals surface area contributed by atoms with Crippen LogP contribution < -0.4 is 0 Å². The Morgan fingerprint density at radius 1 is 0.722 bits per heavy atom. The average molecular weight is 266 g/mol. The van der Waals surface area contributed by atoms with Gasteiger partial charge in [0.15, 0.2) is 0 Å². The molecule has 0 heterocycles. The summed E-state index contributed by atoms with van der Waals surface area (Å²) in [6.07, 6.45) is 0. The molecule has 0 aliphatic carbocycles. The maximum atomic E-state index is 8.74. The monoisotopic (exact) mass is 266 g/mol. The normalized spacial score (nSPS) is 8.72. The van der Waals surface area contributed by atoms with Crippen molar-refractivity contribution in [1.29, 1.82) is 0 Å². The van der Waals surface area contributed by atoms with E-state index in [-0.39, 0.29) is 0 Å². The molecule has 0 atom stereocenters. The third-order valence-corrected chi connectivity index (χ3v) is 1.88. The smallest absolute Gasteiger partial charge is 0.314 e. The molecule has 2 aromatic rings. The number of rotatable bonds is 0. The topological polar surface area (TPSA) is 57.5 Å². The molecular weight excluding hydrogens is 247 g/mol. The minimum Gasteiger partial charge on any atom is -0.326 e. The fraction of sp³-hybridized carbons (Fsp3) is 0.143. The molecule has 0 unspecified atom stereocenters. The molecule has 0 aliphatic rings. The summed E-state index contributed by atoms with van der Waals surface area (Å²) in [7, 11) is -3.13. The first kappa shape index (κ1) is 16.6. The first-order chi connectivity index (χ1) is 8.52. The minimum absolute atomic E-state index is 1.32. The third-order valence-electron chi connectivity index (χ3n) is 1.88. The van der Waals surface area contributed by atoms with Crippen molar-refractivity contribution < 1.29 is 14.4 Å². The van der Waals surface area contributed by atoms with E-state index < -0.39 is 8.25 Å². The van der Waals surface area contributed by atoms with Crippen molar-refractivity contribution in [3.8, 4) is 0 Å². The first-order valence-corrected chi connectivity index (χ1v) is 6.78. The molecule has 3 nitrogen and oxygen atoms in total. The van der Waals surface area contributed by atoms with Gasteiger partial charge in [-0.25, -0.2) is 0 Å². The highest BCUT2D eigenvalue weighted by Gasteiger charge is 1.72. The lowest BCUT2D eigenvalue weighted by atomic mass is 10.2. The summed E-state index contributed by atoms with van der Waals surface area (Å²) in [4.78, 5) is 14.3. The Labute approximate surface area is 109 Å². The molecule has 0 fully saturated rings. The van der Waals surface area contributed by atoms with Gasteiger partial charge in [0.25, 0.3) is 0 Å². The van der Waals surface area contributed by atoms with Gasteiger partial charge in [-0.3, -0.25) is 4.57 Å². The molecule has 0 saturated carbocycles. The van der Waals surface area contributed by atoms with E-state index in [1.54, 1.807) is 0 Å². The van der Waals surface area contributed by atoms with E-state index in [0.29, 0.717) is 0 Å². The fourth-order valence-corrected chi connectivity index (χ4v) is 1.07. The van der Waals surface area contributed by atoms with Crippen molar-refractivity contribution in [3.05, 3.63) is 71.8 Å². The van der Waals surface area contributed by atoms with Gasteiger partial charge in [-0.15, -0.1) is 0 Å². The predicted molar refractivity (Wildman–Crippen MR) is 75.8 cm³/mol. The summed E-state index contributed by atoms with van der Waals surface area (Å²) >= 11 is 0. The van der Waals surface area contributed by atoms with Crippen LogP contribution in [0.2, 0.25) is 0 Å². The Kier molecular flexibility index (Phi) is 9.89. The molecule has 0 saturated heterocycles. The molecule has 0 aliphatic heterocycles. The number of hydrogen-bond donors (Lipinski definition) is 2. The summed E-state index contributed by atoms with van der Waals surface area (Å²) in [5.41, 5.74) is 2.64. The van der Waals surface area contributed by atoms with E-state index in [4.69, 9.17) is 14.4 Å². The van der Waals surface area contributed by atoms with Gasteiger partial charge in [-0.1, -0.05) is 71.8 Å². The summed E-state index contributed by atoms with van der Waals surface area (Å²) in [5, 5.41) is 0. The van der Waals surface area contributed by atoms with Crippen LogP contribution in [0.25, 0.3) is 0 Å². The van der Waals surface area contributed by atoms with E-state index in [1.165, 1.54) is 11.1 Å².